The van der Waals surface area contributed by atoms with Crippen LogP contribution in [0.5, 0.6) is 0 Å². The van der Waals surface area contributed by atoms with E-state index in [0.29, 0.717) is 13.1 Å². The monoisotopic (exact) mass is 307 g/mol. The number of amides is 3. The molecule has 22 heavy (non-hydrogen) atoms. The van der Waals surface area contributed by atoms with Crippen LogP contribution in [0.3, 0.4) is 0 Å². The van der Waals surface area contributed by atoms with E-state index in [1.165, 1.54) is 0 Å². The number of likely N-dealkylation sites (N-methyl/N-ethyl adjacent to an activating group) is 1. The van der Waals surface area contributed by atoms with Crippen LogP contribution in [0.15, 0.2) is 30.3 Å². The summed E-state index contributed by atoms with van der Waals surface area (Å²) in [5.74, 6) is -1.18. The van der Waals surface area contributed by atoms with Crippen molar-refractivity contribution in [2.45, 2.75) is 19.9 Å². The van der Waals surface area contributed by atoms with E-state index >= 15 is 0 Å². The highest BCUT2D eigenvalue weighted by atomic mass is 16.4. The maximum atomic E-state index is 12.1. The molecule has 0 saturated heterocycles. The second-order valence-electron chi connectivity index (χ2n) is 4.65. The van der Waals surface area contributed by atoms with E-state index in [1.807, 2.05) is 37.3 Å². The fraction of sp³-hybridized carbons (Fsp3) is 0.400. The average Bonchev–Trinajstić information content (AvgIpc) is 2.51. The molecule has 120 valence electrons. The van der Waals surface area contributed by atoms with Crippen LogP contribution in [0, 0.1) is 0 Å². The van der Waals surface area contributed by atoms with Crippen molar-refractivity contribution in [3.8, 4) is 0 Å². The molecule has 0 bridgehead atoms. The number of carboxylic acids is 1. The predicted octanol–water partition coefficient (Wildman–Crippen LogP) is 0.809. The van der Waals surface area contributed by atoms with E-state index in [1.54, 1.807) is 4.90 Å². The Hall–Kier alpha value is -2.57. The van der Waals surface area contributed by atoms with E-state index in [9.17, 15) is 14.4 Å². The maximum Gasteiger partial charge on any atom is 0.315 e. The molecule has 3 N–H and O–H groups in total. The van der Waals surface area contributed by atoms with Crippen molar-refractivity contribution < 1.29 is 19.5 Å². The molecule has 0 aliphatic heterocycles. The van der Waals surface area contributed by atoms with Gasteiger partial charge in [-0.3, -0.25) is 9.59 Å². The number of carboxylic acid groups (broad SMARTS) is 1. The molecule has 0 saturated carbocycles. The Morgan fingerprint density at radius 2 is 1.82 bits per heavy atom. The number of rotatable bonds is 8. The molecule has 0 aliphatic carbocycles. The van der Waals surface area contributed by atoms with Crippen molar-refractivity contribution in [2.24, 2.45) is 0 Å². The Kier molecular flexibility index (Phi) is 7.45. The summed E-state index contributed by atoms with van der Waals surface area (Å²) in [6, 6.07) is 9.03. The molecule has 0 heterocycles. The maximum absolute atomic E-state index is 12.1. The van der Waals surface area contributed by atoms with Crippen LogP contribution < -0.4 is 10.6 Å². The summed E-state index contributed by atoms with van der Waals surface area (Å²) in [5, 5.41) is 13.3. The van der Waals surface area contributed by atoms with Gasteiger partial charge in [-0.05, 0) is 12.5 Å². The Morgan fingerprint density at radius 3 is 2.41 bits per heavy atom. The highest BCUT2D eigenvalue weighted by molar-refractivity contribution is 5.84. The number of carbonyl (C=O) groups excluding carboxylic acids is 2. The van der Waals surface area contributed by atoms with Gasteiger partial charge in [0.05, 0.1) is 13.0 Å². The van der Waals surface area contributed by atoms with Gasteiger partial charge in [0.15, 0.2) is 0 Å². The average molecular weight is 307 g/mol. The Bertz CT molecular complexity index is 505. The summed E-state index contributed by atoms with van der Waals surface area (Å²) < 4.78 is 0. The van der Waals surface area contributed by atoms with Gasteiger partial charge in [-0.1, -0.05) is 30.3 Å². The number of nitrogens with one attached hydrogen (secondary N) is 2. The number of benzene rings is 1. The number of hydrogen-bond donors (Lipinski definition) is 3. The molecule has 3 amide bonds. The van der Waals surface area contributed by atoms with E-state index in [2.05, 4.69) is 10.6 Å². The van der Waals surface area contributed by atoms with Crippen LogP contribution in [0.25, 0.3) is 0 Å². The van der Waals surface area contributed by atoms with Crippen molar-refractivity contribution >= 4 is 17.9 Å². The molecular weight excluding hydrogens is 286 g/mol. The number of aliphatic carboxylic acids is 1. The number of carbonyl (C=O) groups is 3. The van der Waals surface area contributed by atoms with E-state index in [4.69, 9.17) is 5.11 Å². The second-order valence-corrected chi connectivity index (χ2v) is 4.65. The zero-order chi connectivity index (χ0) is 16.4. The van der Waals surface area contributed by atoms with Gasteiger partial charge in [-0.25, -0.2) is 4.79 Å². The van der Waals surface area contributed by atoms with Crippen LogP contribution in [-0.2, 0) is 16.1 Å². The number of nitrogens with zero attached hydrogens (tertiary/aromatic N) is 1. The first-order chi connectivity index (χ1) is 10.5. The lowest BCUT2D eigenvalue weighted by Crippen LogP contribution is -2.43. The summed E-state index contributed by atoms with van der Waals surface area (Å²) >= 11 is 0. The molecule has 0 radical (unpaired) electrons. The quantitative estimate of drug-likeness (QED) is 0.662. The van der Waals surface area contributed by atoms with Gasteiger partial charge >= 0.3 is 12.0 Å². The zero-order valence-corrected chi connectivity index (χ0v) is 12.5. The van der Waals surface area contributed by atoms with Gasteiger partial charge in [0.1, 0.15) is 0 Å². The summed E-state index contributed by atoms with van der Waals surface area (Å²) in [6.45, 7) is 2.79. The summed E-state index contributed by atoms with van der Waals surface area (Å²) in [7, 11) is 0. The third-order valence-corrected chi connectivity index (χ3v) is 2.98. The molecule has 1 rings (SSSR count). The van der Waals surface area contributed by atoms with Gasteiger partial charge in [0.2, 0.25) is 5.91 Å². The third kappa shape index (κ3) is 6.74. The van der Waals surface area contributed by atoms with Gasteiger partial charge < -0.3 is 20.6 Å². The number of hydrogen-bond acceptors (Lipinski definition) is 3. The van der Waals surface area contributed by atoms with E-state index in [0.717, 1.165) is 5.56 Å². The van der Waals surface area contributed by atoms with E-state index < -0.39 is 12.0 Å². The lowest BCUT2D eigenvalue weighted by atomic mass is 10.2. The third-order valence-electron chi connectivity index (χ3n) is 2.98. The topological polar surface area (TPSA) is 98.7 Å². The molecule has 1 aromatic rings. The van der Waals surface area contributed by atoms with Gasteiger partial charge in [0, 0.05) is 19.6 Å². The predicted molar refractivity (Wildman–Crippen MR) is 81.2 cm³/mol. The molecule has 0 spiro atoms. The fourth-order valence-corrected chi connectivity index (χ4v) is 1.79. The first kappa shape index (κ1) is 17.5. The van der Waals surface area contributed by atoms with Crippen molar-refractivity contribution in [2.75, 3.05) is 19.6 Å². The first-order valence-corrected chi connectivity index (χ1v) is 7.08. The van der Waals surface area contributed by atoms with Crippen LogP contribution in [0.2, 0.25) is 0 Å². The van der Waals surface area contributed by atoms with Crippen molar-refractivity contribution in [3.63, 3.8) is 0 Å². The Labute approximate surface area is 129 Å². The van der Waals surface area contributed by atoms with Crippen molar-refractivity contribution in [1.29, 1.82) is 0 Å². The molecule has 0 fully saturated rings. The van der Waals surface area contributed by atoms with Crippen LogP contribution in [-0.4, -0.2) is 47.5 Å². The van der Waals surface area contributed by atoms with Gasteiger partial charge in [-0.2, -0.15) is 0 Å². The van der Waals surface area contributed by atoms with Gasteiger partial charge in [-0.15, -0.1) is 0 Å². The minimum absolute atomic E-state index is 0.0247. The molecular formula is C15H21N3O4. The van der Waals surface area contributed by atoms with Crippen molar-refractivity contribution in [1.82, 2.24) is 15.5 Å². The summed E-state index contributed by atoms with van der Waals surface area (Å²) in [6.07, 6.45) is -0.156. The molecule has 0 unspecified atom stereocenters. The second kappa shape index (κ2) is 9.38. The highest BCUT2D eigenvalue weighted by Crippen LogP contribution is 2.04. The molecule has 7 heteroatoms. The smallest absolute Gasteiger partial charge is 0.315 e. The Morgan fingerprint density at radius 1 is 1.14 bits per heavy atom. The largest absolute Gasteiger partial charge is 0.481 e. The van der Waals surface area contributed by atoms with Crippen molar-refractivity contribution in [3.05, 3.63) is 35.9 Å². The lowest BCUT2D eigenvalue weighted by molar-refractivity contribution is -0.137. The fourth-order valence-electron chi connectivity index (χ4n) is 1.79. The first-order valence-electron chi connectivity index (χ1n) is 7.08. The number of urea groups is 1. The highest BCUT2D eigenvalue weighted by Gasteiger charge is 2.13. The lowest BCUT2D eigenvalue weighted by Gasteiger charge is -2.21. The van der Waals surface area contributed by atoms with Crippen LogP contribution in [0.4, 0.5) is 4.79 Å². The van der Waals surface area contributed by atoms with E-state index in [-0.39, 0.29) is 25.4 Å². The summed E-state index contributed by atoms with van der Waals surface area (Å²) in [4.78, 5) is 35.4. The molecule has 1 aromatic carbocycles. The van der Waals surface area contributed by atoms with Gasteiger partial charge in [0.25, 0.3) is 0 Å². The molecule has 7 nitrogen and oxygen atoms in total. The minimum Gasteiger partial charge on any atom is -0.481 e. The van der Waals surface area contributed by atoms with Crippen LogP contribution >= 0.6 is 0 Å². The standard InChI is InChI=1S/C15H21N3O4/c1-2-18(11-12-6-4-3-5-7-12)13(19)10-17-15(22)16-9-8-14(20)21/h3-7H,2,8-11H2,1H3,(H,20,21)(H2,16,17,22). The Balaban J connectivity index is 2.35. The zero-order valence-electron chi connectivity index (χ0n) is 12.5. The minimum atomic E-state index is -0.989. The molecule has 0 aromatic heterocycles. The summed E-state index contributed by atoms with van der Waals surface area (Å²) in [5.41, 5.74) is 1.02. The normalized spacial score (nSPS) is 9.86. The molecule has 0 atom stereocenters. The van der Waals surface area contributed by atoms with Crippen LogP contribution in [0.1, 0.15) is 18.9 Å². The SMILES string of the molecule is CCN(Cc1ccccc1)C(=O)CNC(=O)NCCC(=O)O. The molecule has 0 aliphatic rings.